The molecule has 0 bridgehead atoms. The summed E-state index contributed by atoms with van der Waals surface area (Å²) in [5, 5.41) is 0. The van der Waals surface area contributed by atoms with Crippen LogP contribution in [0.1, 0.15) is 12.5 Å². The van der Waals surface area contributed by atoms with Gasteiger partial charge in [0.1, 0.15) is 0 Å². The highest BCUT2D eigenvalue weighted by Gasteiger charge is 2.06. The highest BCUT2D eigenvalue weighted by molar-refractivity contribution is 14.1. The van der Waals surface area contributed by atoms with E-state index in [1.165, 1.54) is 6.20 Å². The SMILES string of the molecule is C=C(C)Cc1c(I)ccnc1F. The minimum Gasteiger partial charge on any atom is -0.228 e. The van der Waals surface area contributed by atoms with Crippen LogP contribution in [0.25, 0.3) is 0 Å². The molecule has 0 aliphatic heterocycles. The van der Waals surface area contributed by atoms with E-state index < -0.39 is 0 Å². The second-order valence-electron chi connectivity index (χ2n) is 2.70. The molecule has 0 saturated heterocycles. The molecule has 0 aliphatic rings. The lowest BCUT2D eigenvalue weighted by Gasteiger charge is -2.03. The Balaban J connectivity index is 3.04. The predicted octanol–water partition coefficient (Wildman–Crippen LogP) is 2.94. The van der Waals surface area contributed by atoms with Gasteiger partial charge in [0, 0.05) is 15.3 Å². The zero-order chi connectivity index (χ0) is 9.14. The summed E-state index contributed by atoms with van der Waals surface area (Å²) in [5.41, 5.74) is 1.59. The van der Waals surface area contributed by atoms with E-state index in [2.05, 4.69) is 34.2 Å². The van der Waals surface area contributed by atoms with Crippen molar-refractivity contribution >= 4 is 22.6 Å². The van der Waals surface area contributed by atoms with Crippen LogP contribution in [-0.2, 0) is 6.42 Å². The van der Waals surface area contributed by atoms with Crippen molar-refractivity contribution in [3.05, 3.63) is 39.5 Å². The molecule has 1 aromatic rings. The van der Waals surface area contributed by atoms with Crippen LogP contribution in [-0.4, -0.2) is 4.98 Å². The molecule has 0 aliphatic carbocycles. The molecule has 12 heavy (non-hydrogen) atoms. The van der Waals surface area contributed by atoms with Crippen molar-refractivity contribution in [1.82, 2.24) is 4.98 Å². The molecule has 1 heterocycles. The van der Waals surface area contributed by atoms with Gasteiger partial charge >= 0.3 is 0 Å². The topological polar surface area (TPSA) is 12.9 Å². The summed E-state index contributed by atoms with van der Waals surface area (Å²) in [6.07, 6.45) is 2.04. The summed E-state index contributed by atoms with van der Waals surface area (Å²) in [6.45, 7) is 5.61. The molecule has 0 unspecified atom stereocenters. The van der Waals surface area contributed by atoms with Crippen LogP contribution in [0.15, 0.2) is 24.4 Å². The minimum absolute atomic E-state index is 0.384. The third-order valence-corrected chi connectivity index (χ3v) is 2.44. The average molecular weight is 277 g/mol. The monoisotopic (exact) mass is 277 g/mol. The first-order valence-corrected chi connectivity index (χ1v) is 4.62. The quantitative estimate of drug-likeness (QED) is 0.460. The Kier molecular flexibility index (Phi) is 3.20. The second kappa shape index (κ2) is 3.98. The Morgan fingerprint density at radius 2 is 2.42 bits per heavy atom. The van der Waals surface area contributed by atoms with Crippen LogP contribution in [0.4, 0.5) is 4.39 Å². The van der Waals surface area contributed by atoms with E-state index in [4.69, 9.17) is 0 Å². The first-order chi connectivity index (χ1) is 5.61. The molecule has 0 atom stereocenters. The van der Waals surface area contributed by atoms with Crippen molar-refractivity contribution in [3.8, 4) is 0 Å². The Bertz CT molecular complexity index is 289. The summed E-state index contributed by atoms with van der Waals surface area (Å²) in [6, 6.07) is 1.79. The van der Waals surface area contributed by atoms with Gasteiger partial charge in [-0.15, -0.1) is 0 Å². The largest absolute Gasteiger partial charge is 0.228 e. The molecule has 1 rings (SSSR count). The van der Waals surface area contributed by atoms with E-state index in [-0.39, 0.29) is 5.95 Å². The highest BCUT2D eigenvalue weighted by Crippen LogP contribution is 2.16. The summed E-state index contributed by atoms with van der Waals surface area (Å²) < 4.78 is 14.0. The molecule has 0 N–H and O–H groups in total. The fourth-order valence-electron chi connectivity index (χ4n) is 0.904. The third kappa shape index (κ3) is 2.27. The van der Waals surface area contributed by atoms with Gasteiger partial charge in [-0.25, -0.2) is 4.98 Å². The lowest BCUT2D eigenvalue weighted by molar-refractivity contribution is 0.568. The van der Waals surface area contributed by atoms with Crippen LogP contribution in [0.3, 0.4) is 0 Å². The number of hydrogen-bond donors (Lipinski definition) is 0. The predicted molar refractivity (Wildman–Crippen MR) is 55.4 cm³/mol. The van der Waals surface area contributed by atoms with Crippen molar-refractivity contribution in [1.29, 1.82) is 0 Å². The molecule has 1 aromatic heterocycles. The van der Waals surface area contributed by atoms with Gasteiger partial charge in [0.2, 0.25) is 5.95 Å². The van der Waals surface area contributed by atoms with Gasteiger partial charge in [-0.2, -0.15) is 4.39 Å². The number of hydrogen-bond acceptors (Lipinski definition) is 1. The Labute approximate surface area is 84.8 Å². The van der Waals surface area contributed by atoms with Crippen LogP contribution in [0.2, 0.25) is 0 Å². The van der Waals surface area contributed by atoms with Gasteiger partial charge in [0.15, 0.2) is 0 Å². The number of rotatable bonds is 2. The summed E-state index contributed by atoms with van der Waals surface area (Å²) in [7, 11) is 0. The van der Waals surface area contributed by atoms with Crippen molar-refractivity contribution < 1.29 is 4.39 Å². The average Bonchev–Trinajstić information content (AvgIpc) is 1.97. The molecule has 0 radical (unpaired) electrons. The maximum atomic E-state index is 13.1. The summed E-state index contributed by atoms with van der Waals surface area (Å²) in [4.78, 5) is 3.58. The van der Waals surface area contributed by atoms with Gasteiger partial charge in [0.05, 0.1) is 0 Å². The summed E-state index contributed by atoms with van der Waals surface area (Å²) in [5.74, 6) is -0.384. The molecule has 64 valence electrons. The smallest absolute Gasteiger partial charge is 0.217 e. The first kappa shape index (κ1) is 9.64. The van der Waals surface area contributed by atoms with Crippen LogP contribution in [0, 0.1) is 9.52 Å². The van der Waals surface area contributed by atoms with E-state index in [9.17, 15) is 4.39 Å². The maximum absolute atomic E-state index is 13.1. The van der Waals surface area contributed by atoms with E-state index in [1.807, 2.05) is 6.92 Å². The standard InChI is InChI=1S/C9H9FIN/c1-6(2)5-7-8(11)3-4-12-9(7)10/h3-4H,1,5H2,2H3. The van der Waals surface area contributed by atoms with Gasteiger partial charge < -0.3 is 0 Å². The fraction of sp³-hybridized carbons (Fsp3) is 0.222. The number of allylic oxidation sites excluding steroid dienone is 1. The van der Waals surface area contributed by atoms with Gasteiger partial charge in [0.25, 0.3) is 0 Å². The number of pyridine rings is 1. The number of halogens is 2. The van der Waals surface area contributed by atoms with E-state index in [0.29, 0.717) is 12.0 Å². The second-order valence-corrected chi connectivity index (χ2v) is 3.86. The number of aromatic nitrogens is 1. The van der Waals surface area contributed by atoms with E-state index in [1.54, 1.807) is 6.07 Å². The van der Waals surface area contributed by atoms with Crippen LogP contribution >= 0.6 is 22.6 Å². The molecule has 1 nitrogen and oxygen atoms in total. The molecular weight excluding hydrogens is 268 g/mol. The minimum atomic E-state index is -0.384. The maximum Gasteiger partial charge on any atom is 0.217 e. The Morgan fingerprint density at radius 1 is 1.75 bits per heavy atom. The van der Waals surface area contributed by atoms with Crippen molar-refractivity contribution in [2.45, 2.75) is 13.3 Å². The van der Waals surface area contributed by atoms with Gasteiger partial charge in [-0.3, -0.25) is 0 Å². The molecule has 0 spiro atoms. The van der Waals surface area contributed by atoms with Gasteiger partial charge in [-0.1, -0.05) is 12.2 Å². The Hall–Kier alpha value is -0.450. The van der Waals surface area contributed by atoms with Crippen LogP contribution in [0.5, 0.6) is 0 Å². The lowest BCUT2D eigenvalue weighted by Crippen LogP contribution is -1.97. The third-order valence-electron chi connectivity index (χ3n) is 1.42. The molecule has 0 aromatic carbocycles. The summed E-state index contributed by atoms with van der Waals surface area (Å²) >= 11 is 2.10. The lowest BCUT2D eigenvalue weighted by atomic mass is 10.1. The molecule has 0 saturated carbocycles. The van der Waals surface area contributed by atoms with Gasteiger partial charge in [-0.05, 0) is 42.0 Å². The highest BCUT2D eigenvalue weighted by atomic mass is 127. The zero-order valence-electron chi connectivity index (χ0n) is 6.77. The molecule has 0 amide bonds. The normalized spacial score (nSPS) is 9.92. The van der Waals surface area contributed by atoms with Crippen molar-refractivity contribution in [2.24, 2.45) is 0 Å². The molecule has 3 heteroatoms. The fourth-order valence-corrected chi connectivity index (χ4v) is 1.48. The Morgan fingerprint density at radius 3 is 2.92 bits per heavy atom. The number of nitrogens with zero attached hydrogens (tertiary/aromatic N) is 1. The molecule has 0 fully saturated rings. The van der Waals surface area contributed by atoms with Crippen molar-refractivity contribution in [2.75, 3.05) is 0 Å². The van der Waals surface area contributed by atoms with E-state index >= 15 is 0 Å². The van der Waals surface area contributed by atoms with Crippen LogP contribution < -0.4 is 0 Å². The molecular formula is C9H9FIN. The zero-order valence-corrected chi connectivity index (χ0v) is 8.93. The van der Waals surface area contributed by atoms with E-state index in [0.717, 1.165) is 9.14 Å². The van der Waals surface area contributed by atoms with Crippen molar-refractivity contribution in [3.63, 3.8) is 0 Å². The first-order valence-electron chi connectivity index (χ1n) is 3.54.